The standard InChI is InChI=1S/C17H29NO3/c1-12-6-7-13(2)17(15(12)4)21-11-16(20)10-18(5)9-8-14(3)19/h6-7,14,16,19-20H,8-11H2,1-5H3. The number of ether oxygens (including phenoxy) is 1. The van der Waals surface area contributed by atoms with Gasteiger partial charge in [0.15, 0.2) is 0 Å². The normalized spacial score (nSPS) is 14.3. The third-order valence-electron chi connectivity index (χ3n) is 3.74. The molecule has 0 heterocycles. The average molecular weight is 295 g/mol. The highest BCUT2D eigenvalue weighted by Crippen LogP contribution is 2.25. The largest absolute Gasteiger partial charge is 0.490 e. The van der Waals surface area contributed by atoms with Gasteiger partial charge in [0, 0.05) is 13.1 Å². The lowest BCUT2D eigenvalue weighted by Crippen LogP contribution is -2.34. The van der Waals surface area contributed by atoms with Gasteiger partial charge in [-0.2, -0.15) is 0 Å². The van der Waals surface area contributed by atoms with Gasteiger partial charge in [-0.25, -0.2) is 0 Å². The van der Waals surface area contributed by atoms with Crippen molar-refractivity contribution in [3.8, 4) is 5.75 Å². The molecule has 120 valence electrons. The van der Waals surface area contributed by atoms with Crippen molar-refractivity contribution in [3.05, 3.63) is 28.8 Å². The molecule has 2 N–H and O–H groups in total. The van der Waals surface area contributed by atoms with Gasteiger partial charge in [0.2, 0.25) is 0 Å². The van der Waals surface area contributed by atoms with E-state index in [4.69, 9.17) is 4.74 Å². The summed E-state index contributed by atoms with van der Waals surface area (Å²) in [5.74, 6) is 0.876. The van der Waals surface area contributed by atoms with Gasteiger partial charge in [0.05, 0.1) is 6.10 Å². The van der Waals surface area contributed by atoms with Crippen molar-refractivity contribution in [2.75, 3.05) is 26.7 Å². The number of aryl methyl sites for hydroxylation is 2. The maximum absolute atomic E-state index is 10.1. The quantitative estimate of drug-likeness (QED) is 0.771. The molecule has 0 fully saturated rings. The van der Waals surface area contributed by atoms with E-state index in [-0.39, 0.29) is 12.7 Å². The van der Waals surface area contributed by atoms with Crippen LogP contribution in [0.5, 0.6) is 5.75 Å². The molecule has 2 atom stereocenters. The second kappa shape index (κ2) is 8.37. The summed E-state index contributed by atoms with van der Waals surface area (Å²) in [4.78, 5) is 2.01. The summed E-state index contributed by atoms with van der Waals surface area (Å²) in [5, 5.41) is 19.3. The first-order valence-electron chi connectivity index (χ1n) is 7.55. The van der Waals surface area contributed by atoms with E-state index in [2.05, 4.69) is 13.0 Å². The lowest BCUT2D eigenvalue weighted by Gasteiger charge is -2.22. The Morgan fingerprint density at radius 3 is 2.38 bits per heavy atom. The van der Waals surface area contributed by atoms with Crippen molar-refractivity contribution in [2.24, 2.45) is 0 Å². The van der Waals surface area contributed by atoms with Crippen molar-refractivity contribution in [1.29, 1.82) is 0 Å². The van der Waals surface area contributed by atoms with Crippen molar-refractivity contribution in [1.82, 2.24) is 4.90 Å². The van der Waals surface area contributed by atoms with Crippen molar-refractivity contribution in [3.63, 3.8) is 0 Å². The van der Waals surface area contributed by atoms with Gasteiger partial charge < -0.3 is 19.8 Å². The van der Waals surface area contributed by atoms with Crippen LogP contribution in [0.2, 0.25) is 0 Å². The summed E-state index contributed by atoms with van der Waals surface area (Å²) in [6, 6.07) is 4.12. The lowest BCUT2D eigenvalue weighted by atomic mass is 10.1. The first-order valence-corrected chi connectivity index (χ1v) is 7.55. The molecule has 4 heteroatoms. The molecule has 0 saturated heterocycles. The minimum absolute atomic E-state index is 0.282. The number of rotatable bonds is 8. The minimum Gasteiger partial charge on any atom is -0.490 e. The fraction of sp³-hybridized carbons (Fsp3) is 0.647. The highest BCUT2D eigenvalue weighted by atomic mass is 16.5. The predicted octanol–water partition coefficient (Wildman–Crippen LogP) is 2.05. The molecule has 1 aromatic carbocycles. The summed E-state index contributed by atoms with van der Waals surface area (Å²) >= 11 is 0. The summed E-state index contributed by atoms with van der Waals surface area (Å²) in [5.41, 5.74) is 3.41. The van der Waals surface area contributed by atoms with Crippen LogP contribution in [0.25, 0.3) is 0 Å². The van der Waals surface area contributed by atoms with Crippen LogP contribution in [0, 0.1) is 20.8 Å². The summed E-state index contributed by atoms with van der Waals surface area (Å²) < 4.78 is 5.81. The number of hydrogen-bond acceptors (Lipinski definition) is 4. The number of aliphatic hydroxyl groups is 2. The molecule has 0 spiro atoms. The van der Waals surface area contributed by atoms with Crippen LogP contribution in [0.15, 0.2) is 12.1 Å². The molecule has 0 aromatic heterocycles. The fourth-order valence-corrected chi connectivity index (χ4v) is 2.24. The topological polar surface area (TPSA) is 52.9 Å². The van der Waals surface area contributed by atoms with Gasteiger partial charge in [-0.15, -0.1) is 0 Å². The molecule has 0 aliphatic heterocycles. The third kappa shape index (κ3) is 6.04. The number of hydrogen-bond donors (Lipinski definition) is 2. The molecule has 0 aliphatic carbocycles. The Labute approximate surface area is 128 Å². The fourth-order valence-electron chi connectivity index (χ4n) is 2.24. The van der Waals surface area contributed by atoms with Crippen molar-refractivity contribution in [2.45, 2.75) is 46.3 Å². The van der Waals surface area contributed by atoms with E-state index in [9.17, 15) is 10.2 Å². The van der Waals surface area contributed by atoms with Crippen LogP contribution in [0.1, 0.15) is 30.0 Å². The first-order chi connectivity index (χ1) is 9.81. The zero-order valence-corrected chi connectivity index (χ0v) is 13.9. The van der Waals surface area contributed by atoms with E-state index in [1.165, 1.54) is 5.56 Å². The monoisotopic (exact) mass is 295 g/mol. The molecular weight excluding hydrogens is 266 g/mol. The Morgan fingerprint density at radius 1 is 1.14 bits per heavy atom. The van der Waals surface area contributed by atoms with Gasteiger partial charge in [0.1, 0.15) is 18.5 Å². The highest BCUT2D eigenvalue weighted by Gasteiger charge is 2.12. The van der Waals surface area contributed by atoms with Crippen LogP contribution >= 0.6 is 0 Å². The van der Waals surface area contributed by atoms with Crippen molar-refractivity contribution >= 4 is 0 Å². The second-order valence-corrected chi connectivity index (χ2v) is 6.02. The van der Waals surface area contributed by atoms with E-state index >= 15 is 0 Å². The molecule has 4 nitrogen and oxygen atoms in total. The molecule has 0 radical (unpaired) electrons. The smallest absolute Gasteiger partial charge is 0.125 e. The van der Waals surface area contributed by atoms with Crippen LogP contribution < -0.4 is 4.74 Å². The number of benzene rings is 1. The molecule has 1 aromatic rings. The Bertz CT molecular complexity index is 446. The van der Waals surface area contributed by atoms with Gasteiger partial charge >= 0.3 is 0 Å². The first kappa shape index (κ1) is 18.0. The van der Waals surface area contributed by atoms with E-state index in [1.54, 1.807) is 6.92 Å². The van der Waals surface area contributed by atoms with Gasteiger partial charge in [-0.1, -0.05) is 12.1 Å². The molecule has 1 rings (SSSR count). The van der Waals surface area contributed by atoms with Gasteiger partial charge in [0.25, 0.3) is 0 Å². The summed E-state index contributed by atoms with van der Waals surface area (Å²) in [7, 11) is 1.94. The molecule has 0 aliphatic rings. The molecule has 21 heavy (non-hydrogen) atoms. The van der Waals surface area contributed by atoms with E-state index in [1.807, 2.05) is 31.9 Å². The number of aliphatic hydroxyl groups excluding tert-OH is 2. The molecular formula is C17H29NO3. The number of nitrogens with zero attached hydrogens (tertiary/aromatic N) is 1. The maximum atomic E-state index is 10.1. The van der Waals surface area contributed by atoms with Gasteiger partial charge in [-0.3, -0.25) is 0 Å². The van der Waals surface area contributed by atoms with Crippen LogP contribution in [-0.2, 0) is 0 Å². The van der Waals surface area contributed by atoms with Gasteiger partial charge in [-0.05, 0) is 57.9 Å². The zero-order chi connectivity index (χ0) is 16.0. The lowest BCUT2D eigenvalue weighted by molar-refractivity contribution is 0.0703. The molecule has 0 bridgehead atoms. The van der Waals surface area contributed by atoms with Crippen LogP contribution in [0.4, 0.5) is 0 Å². The zero-order valence-electron chi connectivity index (χ0n) is 13.9. The Morgan fingerprint density at radius 2 is 1.76 bits per heavy atom. The van der Waals surface area contributed by atoms with E-state index in [0.717, 1.165) is 23.4 Å². The Balaban J connectivity index is 2.46. The summed E-state index contributed by atoms with van der Waals surface area (Å²) in [6.07, 6.45) is -0.137. The molecule has 0 saturated carbocycles. The number of likely N-dealkylation sites (N-methyl/N-ethyl adjacent to an activating group) is 1. The summed E-state index contributed by atoms with van der Waals surface area (Å²) in [6.45, 7) is 9.47. The molecule has 0 amide bonds. The average Bonchev–Trinajstić information content (AvgIpc) is 2.41. The molecule has 2 unspecified atom stereocenters. The Hall–Kier alpha value is -1.10. The van der Waals surface area contributed by atoms with Crippen LogP contribution in [0.3, 0.4) is 0 Å². The van der Waals surface area contributed by atoms with E-state index in [0.29, 0.717) is 13.0 Å². The Kier molecular flexibility index (Phi) is 7.15. The minimum atomic E-state index is -0.539. The highest BCUT2D eigenvalue weighted by molar-refractivity contribution is 5.44. The van der Waals surface area contributed by atoms with Crippen molar-refractivity contribution < 1.29 is 14.9 Å². The maximum Gasteiger partial charge on any atom is 0.125 e. The second-order valence-electron chi connectivity index (χ2n) is 6.02. The van der Waals surface area contributed by atoms with Crippen LogP contribution in [-0.4, -0.2) is 54.1 Å². The predicted molar refractivity (Wildman–Crippen MR) is 85.9 cm³/mol. The SMILES string of the molecule is Cc1ccc(C)c(OCC(O)CN(C)CCC(C)O)c1C. The van der Waals surface area contributed by atoms with E-state index < -0.39 is 6.10 Å². The third-order valence-corrected chi connectivity index (χ3v) is 3.74.